The zero-order chi connectivity index (χ0) is 10.4. The van der Waals surface area contributed by atoms with Gasteiger partial charge in [-0.2, -0.15) is 0 Å². The normalized spacial score (nSPS) is 8.87. The predicted octanol–water partition coefficient (Wildman–Crippen LogP) is 1.01. The Morgan fingerprint density at radius 2 is 2.27 bits per heavy atom. The summed E-state index contributed by atoms with van der Waals surface area (Å²) in [6.45, 7) is 0.726. The highest BCUT2D eigenvalue weighted by molar-refractivity contribution is 14.0. The van der Waals surface area contributed by atoms with E-state index in [0.29, 0.717) is 24.1 Å². The van der Waals surface area contributed by atoms with Gasteiger partial charge in [0.1, 0.15) is 11.6 Å². The van der Waals surface area contributed by atoms with E-state index in [0.717, 1.165) is 0 Å². The number of halogens is 2. The Bertz CT molecular complexity index is 330. The molecular weight excluding hydrogens is 330 g/mol. The lowest BCUT2D eigenvalue weighted by Crippen LogP contribution is -2.23. The van der Waals surface area contributed by atoms with E-state index in [1.54, 1.807) is 18.3 Å². The Kier molecular flexibility index (Phi) is 7.14. The van der Waals surface area contributed by atoms with Gasteiger partial charge in [0.05, 0.1) is 6.54 Å². The average Bonchev–Trinajstić information content (AvgIpc) is 2.15. The van der Waals surface area contributed by atoms with Gasteiger partial charge in [-0.1, -0.05) is 11.6 Å². The third kappa shape index (κ3) is 5.63. The van der Waals surface area contributed by atoms with Crippen LogP contribution in [0.2, 0.25) is 5.02 Å². The molecule has 1 rings (SSSR count). The Morgan fingerprint density at radius 1 is 1.53 bits per heavy atom. The van der Waals surface area contributed by atoms with Crippen LogP contribution in [-0.2, 0) is 0 Å². The average molecular weight is 343 g/mol. The quantitative estimate of drug-likeness (QED) is 0.370. The van der Waals surface area contributed by atoms with Crippen molar-refractivity contribution in [2.45, 2.75) is 0 Å². The molecule has 0 aliphatic carbocycles. The fraction of sp³-hybridized carbons (Fsp3) is 0.250. The number of nitrogens with two attached hydrogens (primary N) is 2. The van der Waals surface area contributed by atoms with Crippen molar-refractivity contribution < 1.29 is 4.74 Å². The highest BCUT2D eigenvalue weighted by atomic mass is 127. The van der Waals surface area contributed by atoms with Crippen LogP contribution in [0.4, 0.5) is 0 Å². The van der Waals surface area contributed by atoms with Crippen molar-refractivity contribution in [3.05, 3.63) is 23.4 Å². The lowest BCUT2D eigenvalue weighted by Gasteiger charge is -2.03. The number of ether oxygens (including phenoxy) is 1. The minimum absolute atomic E-state index is 0. The van der Waals surface area contributed by atoms with Crippen LogP contribution >= 0.6 is 35.6 Å². The van der Waals surface area contributed by atoms with Gasteiger partial charge in [-0.15, -0.1) is 24.0 Å². The molecule has 0 atom stereocenters. The molecule has 0 saturated heterocycles. The van der Waals surface area contributed by atoms with Gasteiger partial charge in [0.2, 0.25) is 5.88 Å². The summed E-state index contributed by atoms with van der Waals surface area (Å²) >= 11 is 5.79. The minimum atomic E-state index is 0. The van der Waals surface area contributed by atoms with Gasteiger partial charge in [0.15, 0.2) is 5.96 Å². The largest absolute Gasteiger partial charge is 0.475 e. The number of aromatic nitrogens is 1. The van der Waals surface area contributed by atoms with Crippen LogP contribution < -0.4 is 16.2 Å². The number of hydrogen-bond acceptors (Lipinski definition) is 3. The molecule has 0 aliphatic heterocycles. The second-order valence-corrected chi connectivity index (χ2v) is 2.85. The van der Waals surface area contributed by atoms with Crippen LogP contribution in [0.25, 0.3) is 0 Å². The van der Waals surface area contributed by atoms with Crippen LogP contribution in [0, 0.1) is 0 Å². The molecule has 84 valence electrons. The van der Waals surface area contributed by atoms with E-state index >= 15 is 0 Å². The summed E-state index contributed by atoms with van der Waals surface area (Å²) in [5.41, 5.74) is 10.3. The van der Waals surface area contributed by atoms with Crippen molar-refractivity contribution in [2.75, 3.05) is 13.2 Å². The maximum Gasteiger partial charge on any atom is 0.232 e. The molecule has 5 nitrogen and oxygen atoms in total. The van der Waals surface area contributed by atoms with Gasteiger partial charge >= 0.3 is 0 Å². The van der Waals surface area contributed by atoms with E-state index in [2.05, 4.69) is 9.98 Å². The van der Waals surface area contributed by atoms with Gasteiger partial charge in [0, 0.05) is 6.20 Å². The van der Waals surface area contributed by atoms with Crippen LogP contribution in [0.15, 0.2) is 23.3 Å². The molecule has 15 heavy (non-hydrogen) atoms. The highest BCUT2D eigenvalue weighted by Crippen LogP contribution is 2.19. The molecule has 0 unspecified atom stereocenters. The van der Waals surface area contributed by atoms with Crippen LogP contribution in [0.1, 0.15) is 0 Å². The molecule has 1 aromatic heterocycles. The first-order chi connectivity index (χ1) is 6.70. The number of aliphatic imine (C=N–C) groups is 1. The molecule has 0 fully saturated rings. The Balaban J connectivity index is 0.00000196. The number of hydrogen-bond donors (Lipinski definition) is 2. The fourth-order valence-corrected chi connectivity index (χ4v) is 0.971. The van der Waals surface area contributed by atoms with Crippen LogP contribution in [0.3, 0.4) is 0 Å². The SMILES string of the molecule is I.NC(N)=NCCOc1ncccc1Cl. The Hall–Kier alpha value is -0.760. The molecule has 0 saturated carbocycles. The van der Waals surface area contributed by atoms with Gasteiger partial charge in [-0.05, 0) is 12.1 Å². The predicted molar refractivity (Wildman–Crippen MR) is 70.8 cm³/mol. The molecule has 1 heterocycles. The van der Waals surface area contributed by atoms with E-state index in [1.165, 1.54) is 0 Å². The molecule has 0 aliphatic rings. The third-order valence-electron chi connectivity index (χ3n) is 1.35. The number of guanidine groups is 1. The summed E-state index contributed by atoms with van der Waals surface area (Å²) in [7, 11) is 0. The van der Waals surface area contributed by atoms with Gasteiger partial charge < -0.3 is 16.2 Å². The zero-order valence-electron chi connectivity index (χ0n) is 7.89. The lowest BCUT2D eigenvalue weighted by molar-refractivity contribution is 0.316. The smallest absolute Gasteiger partial charge is 0.232 e. The lowest BCUT2D eigenvalue weighted by atomic mass is 10.5. The van der Waals surface area contributed by atoms with E-state index in [4.69, 9.17) is 27.8 Å². The number of nitrogens with zero attached hydrogens (tertiary/aromatic N) is 2. The highest BCUT2D eigenvalue weighted by Gasteiger charge is 1.99. The second-order valence-electron chi connectivity index (χ2n) is 2.45. The van der Waals surface area contributed by atoms with Crippen LogP contribution in [0.5, 0.6) is 5.88 Å². The number of pyridine rings is 1. The third-order valence-corrected chi connectivity index (χ3v) is 1.64. The molecule has 0 bridgehead atoms. The van der Waals surface area contributed by atoms with E-state index < -0.39 is 0 Å². The summed E-state index contributed by atoms with van der Waals surface area (Å²) in [5.74, 6) is 0.431. The molecular formula is C8H12ClIN4O. The molecule has 4 N–H and O–H groups in total. The van der Waals surface area contributed by atoms with Crippen molar-refractivity contribution >= 4 is 41.5 Å². The summed E-state index contributed by atoms with van der Waals surface area (Å²) in [4.78, 5) is 7.68. The summed E-state index contributed by atoms with van der Waals surface area (Å²) in [6, 6.07) is 3.43. The van der Waals surface area contributed by atoms with Crippen molar-refractivity contribution in [1.29, 1.82) is 0 Å². The first-order valence-electron chi connectivity index (χ1n) is 3.99. The molecule has 0 spiro atoms. The first-order valence-corrected chi connectivity index (χ1v) is 4.36. The second kappa shape index (κ2) is 7.52. The van der Waals surface area contributed by atoms with E-state index in [9.17, 15) is 0 Å². The van der Waals surface area contributed by atoms with Gasteiger partial charge in [0.25, 0.3) is 0 Å². The first kappa shape index (κ1) is 14.2. The maximum atomic E-state index is 5.79. The summed E-state index contributed by atoms with van der Waals surface area (Å²) in [5, 5.41) is 0.470. The van der Waals surface area contributed by atoms with E-state index in [-0.39, 0.29) is 29.9 Å². The van der Waals surface area contributed by atoms with Crippen molar-refractivity contribution in [2.24, 2.45) is 16.5 Å². The summed E-state index contributed by atoms with van der Waals surface area (Å²) in [6.07, 6.45) is 1.60. The zero-order valence-corrected chi connectivity index (χ0v) is 11.0. The van der Waals surface area contributed by atoms with E-state index in [1.807, 2.05) is 0 Å². The minimum Gasteiger partial charge on any atom is -0.475 e. The van der Waals surface area contributed by atoms with Gasteiger partial charge in [-0.3, -0.25) is 4.99 Å². The molecule has 0 radical (unpaired) electrons. The van der Waals surface area contributed by atoms with Crippen molar-refractivity contribution in [3.63, 3.8) is 0 Å². The topological polar surface area (TPSA) is 86.5 Å². The summed E-state index contributed by atoms with van der Waals surface area (Å²) < 4.78 is 5.23. The van der Waals surface area contributed by atoms with Gasteiger partial charge in [-0.25, -0.2) is 4.98 Å². The monoisotopic (exact) mass is 342 g/mol. The van der Waals surface area contributed by atoms with Crippen molar-refractivity contribution in [3.8, 4) is 5.88 Å². The molecule has 0 amide bonds. The van der Waals surface area contributed by atoms with Crippen molar-refractivity contribution in [1.82, 2.24) is 4.98 Å². The number of rotatable bonds is 4. The van der Waals surface area contributed by atoms with Crippen LogP contribution in [-0.4, -0.2) is 24.1 Å². The molecule has 7 heteroatoms. The standard InChI is InChI=1S/C8H11ClN4O.HI/c9-6-2-1-3-12-7(6)14-5-4-13-8(10)11;/h1-3H,4-5H2,(H4,10,11,13);1H. The molecule has 0 aromatic carbocycles. The Morgan fingerprint density at radius 3 is 2.87 bits per heavy atom. The molecule has 1 aromatic rings. The fourth-order valence-electron chi connectivity index (χ4n) is 0.794. The maximum absolute atomic E-state index is 5.79. The Labute approximate surface area is 110 Å².